The van der Waals surface area contributed by atoms with Crippen LogP contribution < -0.4 is 0 Å². The van der Waals surface area contributed by atoms with Gasteiger partial charge in [0, 0.05) is 60.4 Å². The van der Waals surface area contributed by atoms with Crippen LogP contribution in [0.25, 0.3) is 155 Å². The maximum absolute atomic E-state index is 6.74. The number of nitrogens with zero attached hydrogens (tertiary/aromatic N) is 5. The molecule has 76 heavy (non-hydrogen) atoms. The van der Waals surface area contributed by atoms with Crippen LogP contribution in [0, 0.1) is 0 Å². The summed E-state index contributed by atoms with van der Waals surface area (Å²) in [6.07, 6.45) is 0. The molecule has 0 aliphatic carbocycles. The van der Waals surface area contributed by atoms with Crippen LogP contribution in [0.4, 0.5) is 0 Å². The zero-order chi connectivity index (χ0) is 49.8. The number of hydrogen-bond donors (Lipinski definition) is 0. The van der Waals surface area contributed by atoms with Crippen molar-refractivity contribution in [1.82, 2.24) is 24.1 Å². The molecule has 0 aliphatic rings. The molecular weight excluding hydrogens is 931 g/mol. The van der Waals surface area contributed by atoms with Gasteiger partial charge in [-0.1, -0.05) is 158 Å². The van der Waals surface area contributed by atoms with E-state index < -0.39 is 0 Å². The number of aromatic nitrogens is 5. The molecule has 16 aromatic rings. The number of fused-ring (bicyclic) bond motifs is 14. The Labute approximate surface area is 434 Å². The normalized spacial score (nSPS) is 11.9. The third kappa shape index (κ3) is 6.46. The maximum Gasteiger partial charge on any atom is 0.164 e. The van der Waals surface area contributed by atoms with Crippen LogP contribution in [-0.2, 0) is 0 Å². The average molecular weight is 972 g/mol. The SMILES string of the molecule is c1ccc(-c2nc(-c3ccccc3)nc(-c3cc(-c4ccc5oc6ccc7c8ccccc8n(-c8ccccc8)c7c6c5c4)ccc3-c3ccc4oc5ccc6c7ccccc7n(-c7ccccc7)c6c5c4c3)n2)cc1. The molecule has 0 unspecified atom stereocenters. The van der Waals surface area contributed by atoms with Crippen molar-refractivity contribution in [3.05, 3.63) is 249 Å². The summed E-state index contributed by atoms with van der Waals surface area (Å²) < 4.78 is 18.2. The summed E-state index contributed by atoms with van der Waals surface area (Å²) in [4.78, 5) is 15.8. The summed E-state index contributed by atoms with van der Waals surface area (Å²) in [6.45, 7) is 0. The fourth-order valence-electron chi connectivity index (χ4n) is 11.8. The average Bonchev–Trinajstić information content (AvgIpc) is 4.37. The van der Waals surface area contributed by atoms with Crippen LogP contribution in [0.3, 0.4) is 0 Å². The van der Waals surface area contributed by atoms with Crippen molar-refractivity contribution in [3.63, 3.8) is 0 Å². The number of benzene rings is 11. The highest BCUT2D eigenvalue weighted by Gasteiger charge is 2.24. The van der Waals surface area contributed by atoms with E-state index in [1.165, 1.54) is 21.5 Å². The monoisotopic (exact) mass is 971 g/mol. The van der Waals surface area contributed by atoms with Crippen molar-refractivity contribution in [2.24, 2.45) is 0 Å². The molecule has 16 rings (SSSR count). The number of furan rings is 2. The maximum atomic E-state index is 6.74. The van der Waals surface area contributed by atoms with Gasteiger partial charge >= 0.3 is 0 Å². The molecule has 354 valence electrons. The van der Waals surface area contributed by atoms with Gasteiger partial charge in [0.2, 0.25) is 0 Å². The first-order chi connectivity index (χ1) is 37.7. The van der Waals surface area contributed by atoms with Gasteiger partial charge in [0.25, 0.3) is 0 Å². The summed E-state index contributed by atoms with van der Waals surface area (Å²) in [5.41, 5.74) is 16.7. The molecule has 0 N–H and O–H groups in total. The summed E-state index contributed by atoms with van der Waals surface area (Å²) in [6, 6.07) is 87.3. The van der Waals surface area contributed by atoms with Gasteiger partial charge in [-0.2, -0.15) is 0 Å². The van der Waals surface area contributed by atoms with Crippen LogP contribution in [-0.4, -0.2) is 24.1 Å². The second kappa shape index (κ2) is 16.6. The number of rotatable bonds is 7. The molecule has 5 heterocycles. The lowest BCUT2D eigenvalue weighted by Crippen LogP contribution is -2.01. The first-order valence-electron chi connectivity index (χ1n) is 25.6. The van der Waals surface area contributed by atoms with Gasteiger partial charge in [-0.3, -0.25) is 0 Å². The Morgan fingerprint density at radius 3 is 1.20 bits per heavy atom. The van der Waals surface area contributed by atoms with E-state index in [2.05, 4.69) is 221 Å². The highest BCUT2D eigenvalue weighted by molar-refractivity contribution is 6.26. The zero-order valence-electron chi connectivity index (χ0n) is 40.7. The van der Waals surface area contributed by atoms with Crippen LogP contribution in [0.15, 0.2) is 258 Å². The van der Waals surface area contributed by atoms with E-state index in [-0.39, 0.29) is 0 Å². The fourth-order valence-corrected chi connectivity index (χ4v) is 11.8. The molecule has 5 aromatic heterocycles. The highest BCUT2D eigenvalue weighted by atomic mass is 16.3. The summed E-state index contributed by atoms with van der Waals surface area (Å²) in [5.74, 6) is 1.76. The van der Waals surface area contributed by atoms with Crippen LogP contribution >= 0.6 is 0 Å². The van der Waals surface area contributed by atoms with E-state index in [9.17, 15) is 0 Å². The highest BCUT2D eigenvalue weighted by Crippen LogP contribution is 2.46. The van der Waals surface area contributed by atoms with E-state index in [0.29, 0.717) is 17.5 Å². The van der Waals surface area contributed by atoms with Gasteiger partial charge in [-0.15, -0.1) is 0 Å². The third-order valence-electron chi connectivity index (χ3n) is 15.2. The Hall–Kier alpha value is -10.4. The van der Waals surface area contributed by atoms with E-state index in [4.69, 9.17) is 23.8 Å². The number of para-hydroxylation sites is 4. The van der Waals surface area contributed by atoms with Gasteiger partial charge in [0.05, 0.1) is 32.8 Å². The Morgan fingerprint density at radius 2 is 0.671 bits per heavy atom. The minimum atomic E-state index is 0.567. The predicted octanol–water partition coefficient (Wildman–Crippen LogP) is 18.2. The van der Waals surface area contributed by atoms with Gasteiger partial charge in [-0.25, -0.2) is 15.0 Å². The van der Waals surface area contributed by atoms with Crippen molar-refractivity contribution in [2.45, 2.75) is 0 Å². The Bertz CT molecular complexity index is 4920. The Morgan fingerprint density at radius 1 is 0.263 bits per heavy atom. The van der Waals surface area contributed by atoms with Gasteiger partial charge in [0.1, 0.15) is 22.3 Å². The minimum Gasteiger partial charge on any atom is -0.456 e. The molecule has 0 fully saturated rings. The molecule has 7 heteroatoms. The predicted molar refractivity (Wildman–Crippen MR) is 310 cm³/mol. The van der Waals surface area contributed by atoms with Gasteiger partial charge in [-0.05, 0) is 113 Å². The molecule has 0 aliphatic heterocycles. The molecule has 0 bridgehead atoms. The number of hydrogen-bond acceptors (Lipinski definition) is 5. The van der Waals surface area contributed by atoms with Crippen LogP contribution in [0.1, 0.15) is 0 Å². The standard InChI is InChI=1S/C69H41N5O2/c1-5-17-42(18-6-1)67-70-68(43-19-7-2-8-20-43)72-69(71-67)54-39-44(45-30-35-59-55(40-45)63-61(75-59)37-33-52-50-25-13-15-27-57(50)73(65(52)63)47-21-9-3-10-22-47)29-32-49(54)46-31-36-60-56(41-46)64-62(76-60)38-34-53-51-26-14-16-28-58(51)74(66(53)64)48-23-11-4-12-24-48/h1-41H. The molecule has 0 saturated carbocycles. The smallest absolute Gasteiger partial charge is 0.164 e. The Kier molecular flexibility index (Phi) is 9.20. The second-order valence-electron chi connectivity index (χ2n) is 19.5. The van der Waals surface area contributed by atoms with Crippen molar-refractivity contribution in [1.29, 1.82) is 0 Å². The molecule has 0 spiro atoms. The van der Waals surface area contributed by atoms with E-state index in [1.807, 2.05) is 36.4 Å². The summed E-state index contributed by atoms with van der Waals surface area (Å²) in [7, 11) is 0. The minimum absolute atomic E-state index is 0.567. The molecular formula is C69H41N5O2. The van der Waals surface area contributed by atoms with Crippen molar-refractivity contribution in [3.8, 4) is 67.8 Å². The summed E-state index contributed by atoms with van der Waals surface area (Å²) >= 11 is 0. The molecule has 0 saturated heterocycles. The second-order valence-corrected chi connectivity index (χ2v) is 19.5. The van der Waals surface area contributed by atoms with Gasteiger partial charge in [0.15, 0.2) is 17.5 Å². The Balaban J connectivity index is 0.951. The van der Waals surface area contributed by atoms with Crippen molar-refractivity contribution < 1.29 is 8.83 Å². The quantitative estimate of drug-likeness (QED) is 0.159. The molecule has 7 nitrogen and oxygen atoms in total. The van der Waals surface area contributed by atoms with Crippen molar-refractivity contribution >= 4 is 87.5 Å². The lowest BCUT2D eigenvalue weighted by molar-refractivity contribution is 0.669. The zero-order valence-corrected chi connectivity index (χ0v) is 40.7. The first kappa shape index (κ1) is 42.2. The molecule has 11 aromatic carbocycles. The van der Waals surface area contributed by atoms with Crippen molar-refractivity contribution in [2.75, 3.05) is 0 Å². The summed E-state index contributed by atoms with van der Waals surface area (Å²) in [5, 5.41) is 8.93. The molecule has 0 radical (unpaired) electrons. The third-order valence-corrected chi connectivity index (χ3v) is 15.2. The van der Waals surface area contributed by atoms with Crippen LogP contribution in [0.2, 0.25) is 0 Å². The van der Waals surface area contributed by atoms with E-state index >= 15 is 0 Å². The van der Waals surface area contributed by atoms with E-state index in [0.717, 1.165) is 116 Å². The fraction of sp³-hybridized carbons (Fsp3) is 0. The van der Waals surface area contributed by atoms with Gasteiger partial charge < -0.3 is 18.0 Å². The molecule has 0 atom stereocenters. The first-order valence-corrected chi connectivity index (χ1v) is 25.6. The van der Waals surface area contributed by atoms with E-state index in [1.54, 1.807) is 0 Å². The van der Waals surface area contributed by atoms with Crippen LogP contribution in [0.5, 0.6) is 0 Å². The topological polar surface area (TPSA) is 74.8 Å². The lowest BCUT2D eigenvalue weighted by atomic mass is 9.93. The largest absolute Gasteiger partial charge is 0.456 e. The molecule has 0 amide bonds. The lowest BCUT2D eigenvalue weighted by Gasteiger charge is -2.14.